The number of pyridine rings is 1. The van der Waals surface area contributed by atoms with Gasteiger partial charge in [-0.1, -0.05) is 29.8 Å². The first-order chi connectivity index (χ1) is 16.0. The van der Waals surface area contributed by atoms with Crippen LogP contribution in [0.2, 0.25) is 0 Å². The van der Waals surface area contributed by atoms with E-state index in [9.17, 15) is 4.79 Å². The van der Waals surface area contributed by atoms with Crippen LogP contribution in [0.25, 0.3) is 0 Å². The SMILES string of the molecule is Cc1cccc(C(=O)Nc2ccnc(N3CCC(N(C)Cc4cccc(C#N)c4)CC3)c2)c1. The van der Waals surface area contributed by atoms with E-state index in [4.69, 9.17) is 5.26 Å². The zero-order valence-corrected chi connectivity index (χ0v) is 19.2. The van der Waals surface area contributed by atoms with Gasteiger partial charge < -0.3 is 10.2 Å². The maximum absolute atomic E-state index is 12.6. The van der Waals surface area contributed by atoms with Gasteiger partial charge in [0, 0.05) is 49.2 Å². The highest BCUT2D eigenvalue weighted by atomic mass is 16.1. The lowest BCUT2D eigenvalue weighted by molar-refractivity contribution is 0.102. The van der Waals surface area contributed by atoms with Crippen molar-refractivity contribution >= 4 is 17.4 Å². The number of amides is 1. The molecule has 1 N–H and O–H groups in total. The molecule has 1 amide bonds. The molecule has 0 unspecified atom stereocenters. The Morgan fingerprint density at radius 1 is 1.15 bits per heavy atom. The van der Waals surface area contributed by atoms with E-state index < -0.39 is 0 Å². The van der Waals surface area contributed by atoms with Crippen LogP contribution in [0, 0.1) is 18.3 Å². The number of piperidine rings is 1. The molecule has 3 aromatic rings. The Bertz CT molecular complexity index is 1160. The molecular formula is C27H29N5O. The number of aryl methyl sites for hydroxylation is 1. The summed E-state index contributed by atoms with van der Waals surface area (Å²) in [6, 6.07) is 21.9. The van der Waals surface area contributed by atoms with Gasteiger partial charge in [0.25, 0.3) is 5.91 Å². The normalized spacial score (nSPS) is 14.2. The van der Waals surface area contributed by atoms with Gasteiger partial charge in [-0.25, -0.2) is 4.98 Å². The Morgan fingerprint density at radius 2 is 1.94 bits per heavy atom. The predicted molar refractivity (Wildman–Crippen MR) is 131 cm³/mol. The molecular weight excluding hydrogens is 410 g/mol. The average Bonchev–Trinajstić information content (AvgIpc) is 2.84. The molecule has 1 fully saturated rings. The Balaban J connectivity index is 1.34. The minimum absolute atomic E-state index is 0.114. The molecule has 6 nitrogen and oxygen atoms in total. The van der Waals surface area contributed by atoms with Crippen LogP contribution >= 0.6 is 0 Å². The average molecular weight is 440 g/mol. The Kier molecular flexibility index (Phi) is 7.01. The van der Waals surface area contributed by atoms with Crippen molar-refractivity contribution < 1.29 is 4.79 Å². The fraction of sp³-hybridized carbons (Fsp3) is 0.296. The van der Waals surface area contributed by atoms with Gasteiger partial charge in [-0.3, -0.25) is 9.69 Å². The molecule has 1 aliphatic rings. The van der Waals surface area contributed by atoms with Crippen molar-refractivity contribution in [1.29, 1.82) is 5.26 Å². The van der Waals surface area contributed by atoms with E-state index >= 15 is 0 Å². The lowest BCUT2D eigenvalue weighted by Crippen LogP contribution is -2.43. The first-order valence-corrected chi connectivity index (χ1v) is 11.3. The molecule has 0 saturated carbocycles. The van der Waals surface area contributed by atoms with Crippen molar-refractivity contribution in [3.05, 3.63) is 89.1 Å². The van der Waals surface area contributed by atoms with Gasteiger partial charge in [-0.2, -0.15) is 5.26 Å². The molecule has 0 bridgehead atoms. The molecule has 0 atom stereocenters. The quantitative estimate of drug-likeness (QED) is 0.607. The molecule has 2 heterocycles. The van der Waals surface area contributed by atoms with Crippen LogP contribution < -0.4 is 10.2 Å². The first kappa shape index (κ1) is 22.5. The monoisotopic (exact) mass is 439 g/mol. The van der Waals surface area contributed by atoms with Crippen LogP contribution in [-0.4, -0.2) is 42.0 Å². The van der Waals surface area contributed by atoms with Crippen molar-refractivity contribution in [2.75, 3.05) is 30.4 Å². The molecule has 33 heavy (non-hydrogen) atoms. The molecule has 0 aliphatic carbocycles. The van der Waals surface area contributed by atoms with Gasteiger partial charge in [0.1, 0.15) is 5.82 Å². The lowest BCUT2D eigenvalue weighted by atomic mass is 10.0. The number of hydrogen-bond donors (Lipinski definition) is 1. The molecule has 0 radical (unpaired) electrons. The third-order valence-corrected chi connectivity index (χ3v) is 6.18. The number of carbonyl (C=O) groups is 1. The zero-order chi connectivity index (χ0) is 23.2. The fourth-order valence-electron chi connectivity index (χ4n) is 4.35. The van der Waals surface area contributed by atoms with Crippen LogP contribution in [0.3, 0.4) is 0 Å². The third-order valence-electron chi connectivity index (χ3n) is 6.18. The molecule has 1 saturated heterocycles. The summed E-state index contributed by atoms with van der Waals surface area (Å²) < 4.78 is 0. The van der Waals surface area contributed by atoms with Gasteiger partial charge in [-0.15, -0.1) is 0 Å². The number of nitrogens with zero attached hydrogens (tertiary/aromatic N) is 4. The first-order valence-electron chi connectivity index (χ1n) is 11.3. The molecule has 1 aliphatic heterocycles. The Labute approximate surface area is 195 Å². The number of rotatable bonds is 6. The number of carbonyl (C=O) groups excluding carboxylic acids is 1. The number of anilines is 2. The second-order valence-corrected chi connectivity index (χ2v) is 8.67. The minimum Gasteiger partial charge on any atom is -0.356 e. The van der Waals surface area contributed by atoms with Crippen LogP contribution in [0.15, 0.2) is 66.9 Å². The smallest absolute Gasteiger partial charge is 0.255 e. The topological polar surface area (TPSA) is 72.3 Å². The van der Waals surface area contributed by atoms with E-state index in [0.29, 0.717) is 17.2 Å². The number of nitriles is 1. The Hall–Kier alpha value is -3.69. The molecule has 0 spiro atoms. The standard InChI is InChI=1S/C27H29N5O/c1-20-5-3-8-23(15-20)27(33)30-24-9-12-29-26(17-24)32-13-10-25(11-14-32)31(2)19-22-7-4-6-21(16-22)18-28/h3-9,12,15-17,25H,10-11,13-14,19H2,1-2H3,(H,29,30,33). The highest BCUT2D eigenvalue weighted by Gasteiger charge is 2.23. The number of aromatic nitrogens is 1. The highest BCUT2D eigenvalue weighted by molar-refractivity contribution is 6.04. The summed E-state index contributed by atoms with van der Waals surface area (Å²) in [6.45, 7) is 4.63. The van der Waals surface area contributed by atoms with E-state index in [1.54, 1.807) is 6.20 Å². The van der Waals surface area contributed by atoms with Crippen molar-refractivity contribution in [3.63, 3.8) is 0 Å². The maximum Gasteiger partial charge on any atom is 0.255 e. The lowest BCUT2D eigenvalue weighted by Gasteiger charge is -2.37. The molecule has 4 rings (SSSR count). The Morgan fingerprint density at radius 3 is 2.70 bits per heavy atom. The van der Waals surface area contributed by atoms with Crippen molar-refractivity contribution in [2.45, 2.75) is 32.4 Å². The molecule has 6 heteroatoms. The summed E-state index contributed by atoms with van der Waals surface area (Å²) in [5.41, 5.74) is 4.33. The van der Waals surface area contributed by atoms with E-state index in [2.05, 4.69) is 39.3 Å². The predicted octanol–water partition coefficient (Wildman–Crippen LogP) is 4.61. The van der Waals surface area contributed by atoms with Gasteiger partial charge >= 0.3 is 0 Å². The number of benzene rings is 2. The van der Waals surface area contributed by atoms with Gasteiger partial charge in [0.2, 0.25) is 0 Å². The van der Waals surface area contributed by atoms with Gasteiger partial charge in [-0.05, 0) is 62.7 Å². The van der Waals surface area contributed by atoms with E-state index in [-0.39, 0.29) is 5.91 Å². The van der Waals surface area contributed by atoms with Crippen LogP contribution in [0.5, 0.6) is 0 Å². The maximum atomic E-state index is 12.6. The summed E-state index contributed by atoms with van der Waals surface area (Å²) in [5, 5.41) is 12.1. The van der Waals surface area contributed by atoms with E-state index in [1.165, 1.54) is 0 Å². The summed E-state index contributed by atoms with van der Waals surface area (Å²) in [6.07, 6.45) is 3.83. The highest BCUT2D eigenvalue weighted by Crippen LogP contribution is 2.24. The molecule has 1 aromatic heterocycles. The third kappa shape index (κ3) is 5.76. The van der Waals surface area contributed by atoms with Crippen molar-refractivity contribution in [3.8, 4) is 6.07 Å². The summed E-state index contributed by atoms with van der Waals surface area (Å²) in [5.74, 6) is 0.775. The van der Waals surface area contributed by atoms with Crippen molar-refractivity contribution in [1.82, 2.24) is 9.88 Å². The molecule has 168 valence electrons. The van der Waals surface area contributed by atoms with E-state index in [1.807, 2.05) is 61.5 Å². The van der Waals surface area contributed by atoms with Crippen molar-refractivity contribution in [2.24, 2.45) is 0 Å². The zero-order valence-electron chi connectivity index (χ0n) is 19.2. The second kappa shape index (κ2) is 10.3. The van der Waals surface area contributed by atoms with Gasteiger partial charge in [0.05, 0.1) is 11.6 Å². The number of hydrogen-bond acceptors (Lipinski definition) is 5. The van der Waals surface area contributed by atoms with Crippen LogP contribution in [0.4, 0.5) is 11.5 Å². The summed E-state index contributed by atoms with van der Waals surface area (Å²) in [7, 11) is 2.15. The molecule has 2 aromatic carbocycles. The largest absolute Gasteiger partial charge is 0.356 e. The summed E-state index contributed by atoms with van der Waals surface area (Å²) in [4.78, 5) is 21.8. The second-order valence-electron chi connectivity index (χ2n) is 8.67. The number of nitrogens with one attached hydrogen (secondary N) is 1. The van der Waals surface area contributed by atoms with E-state index in [0.717, 1.165) is 55.1 Å². The van der Waals surface area contributed by atoms with Gasteiger partial charge in [0.15, 0.2) is 0 Å². The minimum atomic E-state index is -0.114. The van der Waals surface area contributed by atoms with Crippen LogP contribution in [-0.2, 0) is 6.54 Å². The fourth-order valence-corrected chi connectivity index (χ4v) is 4.35. The van der Waals surface area contributed by atoms with Crippen LogP contribution in [0.1, 0.15) is 39.9 Å². The summed E-state index contributed by atoms with van der Waals surface area (Å²) >= 11 is 0.